The lowest BCUT2D eigenvalue weighted by Gasteiger charge is -2.15. The lowest BCUT2D eigenvalue weighted by molar-refractivity contribution is -0.137. The number of rotatable bonds is 6. The van der Waals surface area contributed by atoms with Gasteiger partial charge in [0.25, 0.3) is 0 Å². The number of anilines is 1. The van der Waals surface area contributed by atoms with Gasteiger partial charge in [-0.1, -0.05) is 12.1 Å². The SMILES string of the molecule is CN(CCC(=O)O)CCc1ccc(N)cc1. The van der Waals surface area contributed by atoms with Gasteiger partial charge in [-0.15, -0.1) is 0 Å². The first kappa shape index (κ1) is 12.5. The molecule has 0 spiro atoms. The van der Waals surface area contributed by atoms with E-state index in [0.717, 1.165) is 18.7 Å². The smallest absolute Gasteiger partial charge is 0.304 e. The van der Waals surface area contributed by atoms with Crippen molar-refractivity contribution in [1.82, 2.24) is 4.90 Å². The molecule has 1 aromatic rings. The monoisotopic (exact) mass is 222 g/mol. The highest BCUT2D eigenvalue weighted by molar-refractivity contribution is 5.66. The Morgan fingerprint density at radius 1 is 1.31 bits per heavy atom. The molecule has 0 aliphatic heterocycles. The molecule has 0 saturated carbocycles. The third-order valence-corrected chi connectivity index (χ3v) is 2.47. The number of aliphatic carboxylic acids is 1. The molecule has 16 heavy (non-hydrogen) atoms. The fourth-order valence-electron chi connectivity index (χ4n) is 1.40. The number of nitrogen functional groups attached to an aromatic ring is 1. The molecule has 0 amide bonds. The molecule has 1 rings (SSSR count). The van der Waals surface area contributed by atoms with Crippen LogP contribution in [0.25, 0.3) is 0 Å². The summed E-state index contributed by atoms with van der Waals surface area (Å²) < 4.78 is 0. The number of benzene rings is 1. The van der Waals surface area contributed by atoms with Gasteiger partial charge in [-0.3, -0.25) is 4.79 Å². The molecule has 4 heteroatoms. The largest absolute Gasteiger partial charge is 0.481 e. The highest BCUT2D eigenvalue weighted by atomic mass is 16.4. The predicted molar refractivity (Wildman–Crippen MR) is 64.3 cm³/mol. The van der Waals surface area contributed by atoms with Crippen LogP contribution >= 0.6 is 0 Å². The number of nitrogens with two attached hydrogens (primary N) is 1. The molecule has 0 atom stereocenters. The van der Waals surface area contributed by atoms with E-state index in [9.17, 15) is 4.79 Å². The van der Waals surface area contributed by atoms with Crippen molar-refractivity contribution >= 4 is 11.7 Å². The Hall–Kier alpha value is -1.55. The zero-order valence-corrected chi connectivity index (χ0v) is 9.52. The van der Waals surface area contributed by atoms with Gasteiger partial charge in [-0.05, 0) is 31.2 Å². The average Bonchev–Trinajstić information content (AvgIpc) is 2.25. The van der Waals surface area contributed by atoms with Crippen molar-refractivity contribution in [2.24, 2.45) is 0 Å². The number of nitrogens with zero attached hydrogens (tertiary/aromatic N) is 1. The molecule has 0 saturated heterocycles. The summed E-state index contributed by atoms with van der Waals surface area (Å²) in [7, 11) is 1.93. The molecule has 0 aliphatic rings. The van der Waals surface area contributed by atoms with Gasteiger partial charge in [0.1, 0.15) is 0 Å². The van der Waals surface area contributed by atoms with Gasteiger partial charge in [-0.25, -0.2) is 0 Å². The van der Waals surface area contributed by atoms with E-state index in [4.69, 9.17) is 10.8 Å². The second-order valence-corrected chi connectivity index (χ2v) is 3.94. The molecule has 0 fully saturated rings. The molecule has 0 aliphatic carbocycles. The van der Waals surface area contributed by atoms with E-state index in [1.54, 1.807) is 0 Å². The van der Waals surface area contributed by atoms with E-state index in [-0.39, 0.29) is 6.42 Å². The molecule has 4 nitrogen and oxygen atoms in total. The van der Waals surface area contributed by atoms with Crippen LogP contribution in [0.15, 0.2) is 24.3 Å². The molecule has 0 unspecified atom stereocenters. The normalized spacial score (nSPS) is 10.6. The Morgan fingerprint density at radius 2 is 1.94 bits per heavy atom. The molecule has 88 valence electrons. The van der Waals surface area contributed by atoms with Crippen molar-refractivity contribution in [3.8, 4) is 0 Å². The maximum atomic E-state index is 10.4. The Balaban J connectivity index is 2.28. The molecule has 0 aromatic heterocycles. The second kappa shape index (κ2) is 6.12. The summed E-state index contributed by atoms with van der Waals surface area (Å²) in [6.07, 6.45) is 1.11. The Morgan fingerprint density at radius 3 is 2.50 bits per heavy atom. The number of carboxylic acids is 1. The second-order valence-electron chi connectivity index (χ2n) is 3.94. The average molecular weight is 222 g/mol. The fourth-order valence-corrected chi connectivity index (χ4v) is 1.40. The quantitative estimate of drug-likeness (QED) is 0.710. The molecule has 1 aromatic carbocycles. The maximum absolute atomic E-state index is 10.4. The minimum absolute atomic E-state index is 0.193. The minimum atomic E-state index is -0.751. The third-order valence-electron chi connectivity index (χ3n) is 2.47. The van der Waals surface area contributed by atoms with Gasteiger partial charge in [-0.2, -0.15) is 0 Å². The van der Waals surface area contributed by atoms with Crippen LogP contribution in [0.5, 0.6) is 0 Å². The first-order valence-corrected chi connectivity index (χ1v) is 5.32. The summed E-state index contributed by atoms with van der Waals surface area (Å²) in [4.78, 5) is 12.4. The highest BCUT2D eigenvalue weighted by Gasteiger charge is 2.02. The van der Waals surface area contributed by atoms with Gasteiger partial charge in [0.15, 0.2) is 0 Å². The number of hydrogen-bond donors (Lipinski definition) is 2. The lowest BCUT2D eigenvalue weighted by atomic mass is 10.1. The van der Waals surface area contributed by atoms with Crippen molar-refractivity contribution in [3.05, 3.63) is 29.8 Å². The molecule has 0 radical (unpaired) electrons. The van der Waals surface area contributed by atoms with Gasteiger partial charge >= 0.3 is 5.97 Å². The van der Waals surface area contributed by atoms with E-state index >= 15 is 0 Å². The zero-order valence-electron chi connectivity index (χ0n) is 9.52. The third kappa shape index (κ3) is 4.79. The molecule has 3 N–H and O–H groups in total. The maximum Gasteiger partial charge on any atom is 0.304 e. The van der Waals surface area contributed by atoms with Crippen LogP contribution in [0.1, 0.15) is 12.0 Å². The van der Waals surface area contributed by atoms with E-state index < -0.39 is 5.97 Å². The van der Waals surface area contributed by atoms with Crippen LogP contribution in [0.4, 0.5) is 5.69 Å². The van der Waals surface area contributed by atoms with Crippen LogP contribution in [-0.4, -0.2) is 36.1 Å². The first-order valence-electron chi connectivity index (χ1n) is 5.32. The summed E-state index contributed by atoms with van der Waals surface area (Å²) in [6.45, 7) is 1.45. The molecular weight excluding hydrogens is 204 g/mol. The van der Waals surface area contributed by atoms with Gasteiger partial charge < -0.3 is 15.7 Å². The lowest BCUT2D eigenvalue weighted by Crippen LogP contribution is -2.24. The van der Waals surface area contributed by atoms with Crippen molar-refractivity contribution in [1.29, 1.82) is 0 Å². The van der Waals surface area contributed by atoms with Crippen molar-refractivity contribution in [2.75, 3.05) is 25.9 Å². The number of likely N-dealkylation sites (N-methyl/N-ethyl adjacent to an activating group) is 1. The van der Waals surface area contributed by atoms with Crippen LogP contribution in [-0.2, 0) is 11.2 Å². The van der Waals surface area contributed by atoms with E-state index in [1.165, 1.54) is 5.56 Å². The predicted octanol–water partition coefficient (Wildman–Crippen LogP) is 1.22. The van der Waals surface area contributed by atoms with Crippen LogP contribution in [0.2, 0.25) is 0 Å². The van der Waals surface area contributed by atoms with E-state index in [2.05, 4.69) is 0 Å². The minimum Gasteiger partial charge on any atom is -0.481 e. The van der Waals surface area contributed by atoms with Crippen LogP contribution < -0.4 is 5.73 Å². The number of hydrogen-bond acceptors (Lipinski definition) is 3. The van der Waals surface area contributed by atoms with Crippen molar-refractivity contribution in [2.45, 2.75) is 12.8 Å². The van der Waals surface area contributed by atoms with Gasteiger partial charge in [0, 0.05) is 18.8 Å². The molecule has 0 bridgehead atoms. The highest BCUT2D eigenvalue weighted by Crippen LogP contribution is 2.06. The van der Waals surface area contributed by atoms with Gasteiger partial charge in [0.05, 0.1) is 6.42 Å². The first-order chi connectivity index (χ1) is 7.58. The van der Waals surface area contributed by atoms with Crippen molar-refractivity contribution in [3.63, 3.8) is 0 Å². The summed E-state index contributed by atoms with van der Waals surface area (Å²) in [5.41, 5.74) is 7.57. The van der Waals surface area contributed by atoms with Crippen molar-refractivity contribution < 1.29 is 9.90 Å². The summed E-state index contributed by atoms with van der Waals surface area (Å²) >= 11 is 0. The Kier molecular flexibility index (Phi) is 4.79. The van der Waals surface area contributed by atoms with E-state index in [0.29, 0.717) is 6.54 Å². The zero-order chi connectivity index (χ0) is 12.0. The number of carbonyl (C=O) groups is 1. The Labute approximate surface area is 95.7 Å². The molecule has 0 heterocycles. The number of carboxylic acid groups (broad SMARTS) is 1. The topological polar surface area (TPSA) is 66.6 Å². The fraction of sp³-hybridized carbons (Fsp3) is 0.417. The van der Waals surface area contributed by atoms with Crippen LogP contribution in [0, 0.1) is 0 Å². The summed E-state index contributed by atoms with van der Waals surface area (Å²) in [5, 5.41) is 8.54. The summed E-state index contributed by atoms with van der Waals surface area (Å²) in [6, 6.07) is 7.76. The Bertz CT molecular complexity index is 335. The van der Waals surface area contributed by atoms with Crippen LogP contribution in [0.3, 0.4) is 0 Å². The summed E-state index contributed by atoms with van der Waals surface area (Å²) in [5.74, 6) is -0.751. The van der Waals surface area contributed by atoms with Gasteiger partial charge in [0.2, 0.25) is 0 Å². The standard InChI is InChI=1S/C12H18N2O2/c1-14(9-7-12(15)16)8-6-10-2-4-11(13)5-3-10/h2-5H,6-9,13H2,1H3,(H,15,16). The van der Waals surface area contributed by atoms with E-state index in [1.807, 2.05) is 36.2 Å². The molecular formula is C12H18N2O2.